The summed E-state index contributed by atoms with van der Waals surface area (Å²) in [4.78, 5) is 0. The summed E-state index contributed by atoms with van der Waals surface area (Å²) in [6, 6.07) is 39.9. The zero-order chi connectivity index (χ0) is 53.4. The Morgan fingerprint density at radius 2 is 1.15 bits per heavy atom. The van der Waals surface area contributed by atoms with Crippen molar-refractivity contribution in [1.82, 2.24) is 0 Å². The van der Waals surface area contributed by atoms with E-state index in [-0.39, 0.29) is 53.0 Å². The molecule has 2 saturated heterocycles. The van der Waals surface area contributed by atoms with Crippen molar-refractivity contribution in [3.63, 3.8) is 0 Å². The molecule has 0 radical (unpaired) electrons. The topological polar surface area (TPSA) is 103 Å². The van der Waals surface area contributed by atoms with Crippen molar-refractivity contribution in [2.75, 3.05) is 77.2 Å². The molecule has 1 unspecified atom stereocenters. The van der Waals surface area contributed by atoms with Gasteiger partial charge in [0.05, 0.1) is 65.6 Å². The van der Waals surface area contributed by atoms with E-state index in [4.69, 9.17) is 42.3 Å². The van der Waals surface area contributed by atoms with Gasteiger partial charge in [-0.25, -0.2) is 0 Å². The van der Waals surface area contributed by atoms with Gasteiger partial charge in [0.2, 0.25) is 0 Å². The Morgan fingerprint density at radius 3 is 1.69 bits per heavy atom. The molecule has 15 heteroatoms. The average molecular weight is 1130 g/mol. The van der Waals surface area contributed by atoms with Crippen molar-refractivity contribution in [1.29, 1.82) is 0 Å². The molecule has 10 nitrogen and oxygen atoms in total. The average Bonchev–Trinajstić information content (AvgIpc) is 3.43. The second-order valence-electron chi connectivity index (χ2n) is 20.6. The standard InChI is InChI=1S/C60H88O10S4Si/c1-9-64-45-68-52(44-70-75(58(4,5)6,53-24-16-12-17-25-53)54-26-18-13-19-27-54)39-51(63-8)40-60(73-36-21-37-74-60)57(61)38-47(3)59(71-34-20-35-72-59)41-56(67-43-48-22-14-11-15-23-48)55(69-46-65-10-2)32-33-66-42-49-28-30-50(62-7)31-29-49/h11-19,22-31,47,51-52,55-57,61H,9-10,20-21,32-46H2,1-8H3/t47-,51-,52-,55-,56-,57?/m0/s1. The SMILES string of the molecule is CCOCO[C@H](CO[Si](c1ccccc1)(c1ccccc1)C(C)(C)C)C[C@@H](CC1(C(O)C[C@H](C)C2(C[C@H](OCc3ccccc3)[C@H](CCOCc3ccc(OC)cc3)OCOCC)SCCCS2)SCCCS1)OC. The van der Waals surface area contributed by atoms with Gasteiger partial charge >= 0.3 is 0 Å². The van der Waals surface area contributed by atoms with Gasteiger partial charge in [-0.1, -0.05) is 131 Å². The number of rotatable bonds is 34. The molecule has 75 heavy (non-hydrogen) atoms. The number of hydrogen-bond acceptors (Lipinski definition) is 14. The van der Waals surface area contributed by atoms with Crippen LogP contribution in [0.3, 0.4) is 0 Å². The normalized spacial score (nSPS) is 18.4. The monoisotopic (exact) mass is 1120 g/mol. The number of thioether (sulfide) groups is 4. The third kappa shape index (κ3) is 18.2. The van der Waals surface area contributed by atoms with E-state index in [1.807, 2.05) is 98.3 Å². The molecular weight excluding hydrogens is 1040 g/mol. The van der Waals surface area contributed by atoms with Gasteiger partial charge in [0.15, 0.2) is 0 Å². The van der Waals surface area contributed by atoms with Crippen LogP contribution < -0.4 is 15.1 Å². The van der Waals surface area contributed by atoms with Crippen LogP contribution in [-0.4, -0.2) is 129 Å². The van der Waals surface area contributed by atoms with Crippen LogP contribution in [0, 0.1) is 5.92 Å². The maximum Gasteiger partial charge on any atom is 0.261 e. The Bertz CT molecular complexity index is 2090. The number of aliphatic hydroxyl groups is 1. The second-order valence-corrected chi connectivity index (χ2v) is 31.1. The molecule has 0 saturated carbocycles. The van der Waals surface area contributed by atoms with E-state index >= 15 is 0 Å². The molecule has 0 amide bonds. The van der Waals surface area contributed by atoms with Gasteiger partial charge in [-0.15, -0.1) is 47.0 Å². The molecule has 4 aromatic rings. The summed E-state index contributed by atoms with van der Waals surface area (Å²) in [7, 11) is 0.626. The van der Waals surface area contributed by atoms with Crippen LogP contribution in [0.4, 0.5) is 0 Å². The maximum atomic E-state index is 13.0. The number of benzene rings is 4. The van der Waals surface area contributed by atoms with Gasteiger partial charge in [0.1, 0.15) is 19.3 Å². The fraction of sp³-hybridized carbons (Fsp3) is 0.600. The molecule has 6 atom stereocenters. The molecule has 2 fully saturated rings. The van der Waals surface area contributed by atoms with Crippen molar-refractivity contribution in [3.05, 3.63) is 126 Å². The molecule has 0 aliphatic carbocycles. The molecule has 0 bridgehead atoms. The summed E-state index contributed by atoms with van der Waals surface area (Å²) in [6.45, 7) is 16.5. The van der Waals surface area contributed by atoms with E-state index in [2.05, 4.69) is 113 Å². The molecule has 2 aliphatic rings. The highest BCUT2D eigenvalue weighted by molar-refractivity contribution is 8.19. The van der Waals surface area contributed by atoms with Crippen molar-refractivity contribution < 1.29 is 47.4 Å². The van der Waals surface area contributed by atoms with Gasteiger partial charge < -0.3 is 47.4 Å². The Labute approximate surface area is 469 Å². The molecule has 2 aliphatic heterocycles. The first-order valence-corrected chi connectivity index (χ1v) is 33.0. The van der Waals surface area contributed by atoms with E-state index < -0.39 is 18.5 Å². The minimum atomic E-state index is -2.86. The van der Waals surface area contributed by atoms with Crippen LogP contribution in [0.2, 0.25) is 5.04 Å². The summed E-state index contributed by atoms with van der Waals surface area (Å²) in [5.41, 5.74) is 2.20. The zero-order valence-corrected chi connectivity index (χ0v) is 50.4. The van der Waals surface area contributed by atoms with Crippen molar-refractivity contribution >= 4 is 65.7 Å². The minimum absolute atomic E-state index is 0.132. The van der Waals surface area contributed by atoms with Crippen LogP contribution in [0.25, 0.3) is 0 Å². The third-order valence-corrected chi connectivity index (χ3v) is 26.8. The van der Waals surface area contributed by atoms with Gasteiger partial charge in [-0.3, -0.25) is 0 Å². The smallest absolute Gasteiger partial charge is 0.261 e. The van der Waals surface area contributed by atoms with Crippen molar-refractivity contribution in [2.24, 2.45) is 5.92 Å². The van der Waals surface area contributed by atoms with E-state index in [0.717, 1.165) is 59.2 Å². The van der Waals surface area contributed by atoms with Crippen LogP contribution in [0.5, 0.6) is 5.75 Å². The fourth-order valence-corrected chi connectivity index (χ4v) is 21.9. The second kappa shape index (κ2) is 32.3. The first-order chi connectivity index (χ1) is 36.4. The third-order valence-electron chi connectivity index (χ3n) is 14.4. The Kier molecular flexibility index (Phi) is 26.7. The summed E-state index contributed by atoms with van der Waals surface area (Å²) < 4.78 is 56.8. The lowest BCUT2D eigenvalue weighted by molar-refractivity contribution is -0.148. The molecule has 0 aromatic heterocycles. The quantitative estimate of drug-likeness (QED) is 0.0273. The van der Waals surface area contributed by atoms with E-state index in [1.165, 1.54) is 10.4 Å². The summed E-state index contributed by atoms with van der Waals surface area (Å²) >= 11 is 7.90. The van der Waals surface area contributed by atoms with Gasteiger partial charge in [-0.2, -0.15) is 0 Å². The number of hydrogen-bond donors (Lipinski definition) is 1. The minimum Gasteiger partial charge on any atom is -0.497 e. The first kappa shape index (κ1) is 62.1. The summed E-state index contributed by atoms with van der Waals surface area (Å²) in [6.07, 6.45) is 3.85. The van der Waals surface area contributed by atoms with Crippen LogP contribution >= 0.6 is 47.0 Å². The lowest BCUT2D eigenvalue weighted by Crippen LogP contribution is -2.67. The Hall–Kier alpha value is -2.06. The van der Waals surface area contributed by atoms with Crippen LogP contribution in [0.15, 0.2) is 115 Å². The van der Waals surface area contributed by atoms with Gasteiger partial charge in [0.25, 0.3) is 8.32 Å². The number of aliphatic hydroxyl groups excluding tert-OH is 1. The molecule has 4 aromatic carbocycles. The fourth-order valence-electron chi connectivity index (χ4n) is 10.3. The lowest BCUT2D eigenvalue weighted by Gasteiger charge is -2.47. The first-order valence-electron chi connectivity index (χ1n) is 27.2. The molecule has 0 spiro atoms. The molecular formula is C60H88O10S4Si. The van der Waals surface area contributed by atoms with E-state index in [1.54, 1.807) is 7.11 Å². The number of methoxy groups -OCH3 is 2. The summed E-state index contributed by atoms with van der Waals surface area (Å²) in [5, 5.41) is 15.2. The zero-order valence-electron chi connectivity index (χ0n) is 46.1. The van der Waals surface area contributed by atoms with Crippen molar-refractivity contribution in [3.8, 4) is 5.75 Å². The Morgan fingerprint density at radius 1 is 0.600 bits per heavy atom. The molecule has 1 N–H and O–H groups in total. The Balaban J connectivity index is 1.22. The predicted molar refractivity (Wildman–Crippen MR) is 318 cm³/mol. The largest absolute Gasteiger partial charge is 0.497 e. The van der Waals surface area contributed by atoms with Crippen molar-refractivity contribution in [2.45, 2.75) is 143 Å². The van der Waals surface area contributed by atoms with Gasteiger partial charge in [0, 0.05) is 39.8 Å². The highest BCUT2D eigenvalue weighted by Crippen LogP contribution is 2.56. The summed E-state index contributed by atoms with van der Waals surface area (Å²) in [5.74, 6) is 5.02. The van der Waals surface area contributed by atoms with Crippen LogP contribution in [-0.2, 0) is 50.8 Å². The van der Waals surface area contributed by atoms with Gasteiger partial charge in [-0.05, 0) is 114 Å². The van der Waals surface area contributed by atoms with E-state index in [9.17, 15) is 5.11 Å². The molecule has 2 heterocycles. The number of ether oxygens (including phenoxy) is 8. The molecule has 416 valence electrons. The lowest BCUT2D eigenvalue weighted by atomic mass is 9.90. The van der Waals surface area contributed by atoms with Crippen LogP contribution in [0.1, 0.15) is 97.6 Å². The molecule has 6 rings (SSSR count). The highest BCUT2D eigenvalue weighted by atomic mass is 32.2. The maximum absolute atomic E-state index is 13.0. The predicted octanol–water partition coefficient (Wildman–Crippen LogP) is 12.2. The van der Waals surface area contributed by atoms with E-state index in [0.29, 0.717) is 65.3 Å². The highest BCUT2D eigenvalue weighted by Gasteiger charge is 2.52.